The van der Waals surface area contributed by atoms with E-state index in [1.807, 2.05) is 44.2 Å². The second kappa shape index (κ2) is 7.70. The monoisotopic (exact) mass is 246 g/mol. The summed E-state index contributed by atoms with van der Waals surface area (Å²) in [5, 5.41) is 0. The van der Waals surface area contributed by atoms with Crippen molar-refractivity contribution in [1.29, 1.82) is 0 Å². The molecule has 0 aliphatic rings. The molecule has 2 nitrogen and oxygen atoms in total. The van der Waals surface area contributed by atoms with Crippen molar-refractivity contribution in [2.24, 2.45) is 0 Å². The first kappa shape index (κ1) is 14.5. The van der Waals surface area contributed by atoms with Gasteiger partial charge in [-0.05, 0) is 50.5 Å². The quantitative estimate of drug-likeness (QED) is 0.556. The molecule has 0 bridgehead atoms. The van der Waals surface area contributed by atoms with Gasteiger partial charge in [0.1, 0.15) is 6.61 Å². The van der Waals surface area contributed by atoms with E-state index in [-0.39, 0.29) is 5.97 Å². The number of unbranched alkanes of at least 4 members (excludes halogenated alkanes) is 1. The van der Waals surface area contributed by atoms with Crippen molar-refractivity contribution in [2.45, 2.75) is 40.0 Å². The highest BCUT2D eigenvalue weighted by atomic mass is 16.5. The lowest BCUT2D eigenvalue weighted by atomic mass is 10.1. The fraction of sp³-hybridized carbons (Fsp3) is 0.438. The number of carbonyl (C=O) groups is 1. The molecule has 0 saturated heterocycles. The van der Waals surface area contributed by atoms with Crippen LogP contribution in [0.25, 0.3) is 0 Å². The van der Waals surface area contributed by atoms with Crippen LogP contribution in [-0.4, -0.2) is 12.6 Å². The molecule has 0 atom stereocenters. The Bertz CT molecular complexity index is 398. The van der Waals surface area contributed by atoms with Crippen LogP contribution < -0.4 is 0 Å². The standard InChI is InChI=1S/C16H22O2/c1-4-5-6-14-7-9-15(10-8-14)16(17)18-12-11-13(2)3/h7-11H,4-6,12H2,1-3H3. The number of ether oxygens (including phenoxy) is 1. The molecule has 98 valence electrons. The van der Waals surface area contributed by atoms with Gasteiger partial charge in [-0.15, -0.1) is 0 Å². The zero-order valence-electron chi connectivity index (χ0n) is 11.5. The van der Waals surface area contributed by atoms with Crippen LogP contribution in [0.5, 0.6) is 0 Å². The summed E-state index contributed by atoms with van der Waals surface area (Å²) in [5.74, 6) is -0.255. The van der Waals surface area contributed by atoms with Crippen LogP contribution in [0.1, 0.15) is 49.5 Å². The molecule has 1 aromatic carbocycles. The summed E-state index contributed by atoms with van der Waals surface area (Å²) in [6, 6.07) is 7.70. The molecule has 0 aromatic heterocycles. The van der Waals surface area contributed by atoms with Gasteiger partial charge in [-0.25, -0.2) is 4.79 Å². The molecule has 2 heteroatoms. The maximum atomic E-state index is 11.7. The maximum absolute atomic E-state index is 11.7. The summed E-state index contributed by atoms with van der Waals surface area (Å²) in [6.07, 6.45) is 5.34. The Labute approximate surface area is 110 Å². The molecule has 1 rings (SSSR count). The van der Waals surface area contributed by atoms with Gasteiger partial charge in [-0.2, -0.15) is 0 Å². The van der Waals surface area contributed by atoms with Gasteiger partial charge in [-0.1, -0.05) is 31.1 Å². The molecule has 0 aliphatic carbocycles. The molecule has 0 spiro atoms. The summed E-state index contributed by atoms with van der Waals surface area (Å²) in [5.41, 5.74) is 3.05. The van der Waals surface area contributed by atoms with Gasteiger partial charge < -0.3 is 4.74 Å². The van der Waals surface area contributed by atoms with E-state index < -0.39 is 0 Å². The third kappa shape index (κ3) is 5.17. The average Bonchev–Trinajstić information content (AvgIpc) is 2.36. The normalized spacial score (nSPS) is 9.94. The minimum absolute atomic E-state index is 0.255. The summed E-state index contributed by atoms with van der Waals surface area (Å²) in [7, 11) is 0. The Morgan fingerprint density at radius 1 is 1.22 bits per heavy atom. The van der Waals surface area contributed by atoms with E-state index in [4.69, 9.17) is 4.74 Å². The van der Waals surface area contributed by atoms with Crippen LogP contribution in [0.3, 0.4) is 0 Å². The Balaban J connectivity index is 2.51. The number of esters is 1. The molecule has 0 fully saturated rings. The van der Waals surface area contributed by atoms with E-state index in [0.717, 1.165) is 12.0 Å². The lowest BCUT2D eigenvalue weighted by Crippen LogP contribution is -2.05. The number of hydrogen-bond acceptors (Lipinski definition) is 2. The molecular weight excluding hydrogens is 224 g/mol. The van der Waals surface area contributed by atoms with Crippen molar-refractivity contribution in [3.63, 3.8) is 0 Å². The molecule has 0 radical (unpaired) electrons. The van der Waals surface area contributed by atoms with Gasteiger partial charge in [0.05, 0.1) is 5.56 Å². The molecule has 1 aromatic rings. The molecule has 18 heavy (non-hydrogen) atoms. The topological polar surface area (TPSA) is 26.3 Å². The number of hydrogen-bond donors (Lipinski definition) is 0. The number of allylic oxidation sites excluding steroid dienone is 1. The van der Waals surface area contributed by atoms with Crippen molar-refractivity contribution in [1.82, 2.24) is 0 Å². The average molecular weight is 246 g/mol. The van der Waals surface area contributed by atoms with Crippen molar-refractivity contribution in [3.05, 3.63) is 47.0 Å². The predicted molar refractivity (Wildman–Crippen MR) is 74.8 cm³/mol. The van der Waals surface area contributed by atoms with E-state index in [0.29, 0.717) is 12.2 Å². The first-order valence-electron chi connectivity index (χ1n) is 6.53. The fourth-order valence-corrected chi connectivity index (χ4v) is 1.56. The second-order valence-electron chi connectivity index (χ2n) is 4.68. The van der Waals surface area contributed by atoms with Gasteiger partial charge in [0.15, 0.2) is 0 Å². The molecule has 0 amide bonds. The number of rotatable bonds is 6. The highest BCUT2D eigenvalue weighted by molar-refractivity contribution is 5.89. The largest absolute Gasteiger partial charge is 0.458 e. The third-order valence-corrected chi connectivity index (χ3v) is 2.71. The summed E-state index contributed by atoms with van der Waals surface area (Å²) in [6.45, 7) is 6.49. The Morgan fingerprint density at radius 3 is 2.44 bits per heavy atom. The maximum Gasteiger partial charge on any atom is 0.338 e. The lowest BCUT2D eigenvalue weighted by Gasteiger charge is -2.04. The SMILES string of the molecule is CCCCc1ccc(C(=O)OCC=C(C)C)cc1. The molecule has 0 aliphatic heterocycles. The molecule has 0 N–H and O–H groups in total. The Morgan fingerprint density at radius 2 is 1.89 bits per heavy atom. The smallest absolute Gasteiger partial charge is 0.338 e. The lowest BCUT2D eigenvalue weighted by molar-refractivity contribution is 0.0549. The van der Waals surface area contributed by atoms with Crippen LogP contribution in [-0.2, 0) is 11.2 Å². The van der Waals surface area contributed by atoms with Gasteiger partial charge in [-0.3, -0.25) is 0 Å². The first-order chi connectivity index (χ1) is 8.63. The van der Waals surface area contributed by atoms with Crippen molar-refractivity contribution in [2.75, 3.05) is 6.61 Å². The minimum Gasteiger partial charge on any atom is -0.458 e. The van der Waals surface area contributed by atoms with Crippen LogP contribution in [0, 0.1) is 0 Å². The second-order valence-corrected chi connectivity index (χ2v) is 4.68. The summed E-state index contributed by atoms with van der Waals surface area (Å²) in [4.78, 5) is 11.7. The van der Waals surface area contributed by atoms with Gasteiger partial charge in [0, 0.05) is 0 Å². The van der Waals surface area contributed by atoms with E-state index in [1.165, 1.54) is 18.4 Å². The van der Waals surface area contributed by atoms with Crippen molar-refractivity contribution < 1.29 is 9.53 Å². The molecule has 0 heterocycles. The van der Waals surface area contributed by atoms with E-state index in [9.17, 15) is 4.79 Å². The number of aryl methyl sites for hydroxylation is 1. The van der Waals surface area contributed by atoms with Gasteiger partial charge >= 0.3 is 5.97 Å². The van der Waals surface area contributed by atoms with Crippen LogP contribution >= 0.6 is 0 Å². The van der Waals surface area contributed by atoms with Crippen molar-refractivity contribution in [3.8, 4) is 0 Å². The third-order valence-electron chi connectivity index (χ3n) is 2.71. The van der Waals surface area contributed by atoms with Crippen molar-refractivity contribution >= 4 is 5.97 Å². The highest BCUT2D eigenvalue weighted by Crippen LogP contribution is 2.09. The highest BCUT2D eigenvalue weighted by Gasteiger charge is 2.05. The minimum atomic E-state index is -0.255. The zero-order valence-corrected chi connectivity index (χ0v) is 11.5. The van der Waals surface area contributed by atoms with E-state index >= 15 is 0 Å². The van der Waals surface area contributed by atoms with Crippen LogP contribution in [0.2, 0.25) is 0 Å². The Hall–Kier alpha value is -1.57. The number of carbonyl (C=O) groups excluding carboxylic acids is 1. The molecule has 0 unspecified atom stereocenters. The van der Waals surface area contributed by atoms with Gasteiger partial charge in [0.25, 0.3) is 0 Å². The van der Waals surface area contributed by atoms with E-state index in [2.05, 4.69) is 6.92 Å². The van der Waals surface area contributed by atoms with Gasteiger partial charge in [0.2, 0.25) is 0 Å². The number of benzene rings is 1. The predicted octanol–water partition coefficient (Wildman–Crippen LogP) is 4.15. The summed E-state index contributed by atoms with van der Waals surface area (Å²) >= 11 is 0. The first-order valence-corrected chi connectivity index (χ1v) is 6.53. The van der Waals surface area contributed by atoms with Crippen LogP contribution in [0.15, 0.2) is 35.9 Å². The Kier molecular flexibility index (Phi) is 6.20. The van der Waals surface area contributed by atoms with Crippen LogP contribution in [0.4, 0.5) is 0 Å². The van der Waals surface area contributed by atoms with E-state index in [1.54, 1.807) is 0 Å². The fourth-order valence-electron chi connectivity index (χ4n) is 1.56. The zero-order chi connectivity index (χ0) is 13.4. The molecule has 0 saturated carbocycles. The summed E-state index contributed by atoms with van der Waals surface area (Å²) < 4.78 is 5.14. The molecular formula is C16H22O2.